The summed E-state index contributed by atoms with van der Waals surface area (Å²) in [5, 5.41) is 6.21. The Labute approximate surface area is 282 Å². The lowest BCUT2D eigenvalue weighted by molar-refractivity contribution is -0.130. The van der Waals surface area contributed by atoms with Crippen molar-refractivity contribution in [2.75, 3.05) is 0 Å². The third-order valence-corrected chi connectivity index (χ3v) is 9.19. The van der Waals surface area contributed by atoms with Crippen LogP contribution in [0.15, 0.2) is 60.9 Å². The molecule has 2 heterocycles. The highest BCUT2D eigenvalue weighted by Crippen LogP contribution is 2.37. The number of nitrogens with zero attached hydrogens (tertiary/aromatic N) is 2. The Hall–Kier alpha value is -4.34. The fourth-order valence-electron chi connectivity index (χ4n) is 6.00. The molecular weight excluding hydrogens is 610 g/mol. The standard InChI is InChI=1S/C38H48F2N6O2/c1-22(2)31(45-35(47)28-16-18-38(39,40)19-17-28)33-41-20-29(43-33)26-12-8-24(9-13-26)25-10-14-27(15-11-25)30-21-42-34(44-30)32(23(3)4)46-36(48)37(5,6)7/h8-15,20-23,28,31-32H,16-19H2,1-7H3,(H,41,43)(H,42,44)(H,45,47)(H,46,48). The molecule has 256 valence electrons. The Balaban J connectivity index is 1.24. The van der Waals surface area contributed by atoms with Gasteiger partial charge < -0.3 is 20.6 Å². The first-order valence-electron chi connectivity index (χ1n) is 16.9. The molecule has 0 aliphatic heterocycles. The van der Waals surface area contributed by atoms with Crippen molar-refractivity contribution >= 4 is 11.8 Å². The molecule has 2 aromatic heterocycles. The Kier molecular flexibility index (Phi) is 10.2. The number of nitrogens with one attached hydrogen (secondary N) is 4. The van der Waals surface area contributed by atoms with E-state index in [-0.39, 0.29) is 61.4 Å². The van der Waals surface area contributed by atoms with Gasteiger partial charge in [0.1, 0.15) is 11.6 Å². The summed E-state index contributed by atoms with van der Waals surface area (Å²) in [4.78, 5) is 41.6. The number of imidazole rings is 2. The Morgan fingerprint density at radius 1 is 0.729 bits per heavy atom. The molecule has 2 amide bonds. The van der Waals surface area contributed by atoms with Crippen LogP contribution in [0.2, 0.25) is 0 Å². The first kappa shape index (κ1) is 35.0. The van der Waals surface area contributed by atoms with Crippen LogP contribution in [0.5, 0.6) is 0 Å². The number of halogens is 2. The smallest absolute Gasteiger partial charge is 0.248 e. The lowest BCUT2D eigenvalue weighted by Crippen LogP contribution is -2.39. The molecular formula is C38H48F2N6O2. The number of carbonyl (C=O) groups excluding carboxylic acids is 2. The molecule has 0 bridgehead atoms. The Morgan fingerprint density at radius 3 is 1.52 bits per heavy atom. The van der Waals surface area contributed by atoms with Crippen molar-refractivity contribution < 1.29 is 18.4 Å². The molecule has 0 radical (unpaired) electrons. The molecule has 1 aliphatic rings. The summed E-state index contributed by atoms with van der Waals surface area (Å²) in [5.41, 5.74) is 5.31. The van der Waals surface area contributed by atoms with E-state index >= 15 is 0 Å². The van der Waals surface area contributed by atoms with Gasteiger partial charge in [0.05, 0.1) is 35.9 Å². The molecule has 0 saturated heterocycles. The number of aromatic amines is 2. The van der Waals surface area contributed by atoms with Gasteiger partial charge in [-0.3, -0.25) is 9.59 Å². The van der Waals surface area contributed by atoms with Crippen molar-refractivity contribution in [1.29, 1.82) is 0 Å². The number of hydrogen-bond donors (Lipinski definition) is 4. The van der Waals surface area contributed by atoms with Gasteiger partial charge in [-0.1, -0.05) is 97.0 Å². The van der Waals surface area contributed by atoms with E-state index in [1.165, 1.54) is 0 Å². The topological polar surface area (TPSA) is 116 Å². The highest BCUT2D eigenvalue weighted by atomic mass is 19.3. The second-order valence-corrected chi connectivity index (χ2v) is 14.8. The summed E-state index contributed by atoms with van der Waals surface area (Å²) in [6.07, 6.45) is 3.48. The van der Waals surface area contributed by atoms with Crippen molar-refractivity contribution in [1.82, 2.24) is 30.6 Å². The third-order valence-electron chi connectivity index (χ3n) is 9.19. The first-order valence-corrected chi connectivity index (χ1v) is 16.9. The van der Waals surface area contributed by atoms with Crippen LogP contribution in [0.1, 0.15) is 97.9 Å². The van der Waals surface area contributed by atoms with E-state index in [0.29, 0.717) is 5.82 Å². The predicted molar refractivity (Wildman–Crippen MR) is 185 cm³/mol. The largest absolute Gasteiger partial charge is 0.346 e. The van der Waals surface area contributed by atoms with Gasteiger partial charge in [-0.2, -0.15) is 0 Å². The van der Waals surface area contributed by atoms with Gasteiger partial charge in [0.2, 0.25) is 17.7 Å². The highest BCUT2D eigenvalue weighted by molar-refractivity contribution is 5.82. The van der Waals surface area contributed by atoms with Crippen LogP contribution < -0.4 is 10.6 Å². The summed E-state index contributed by atoms with van der Waals surface area (Å²) >= 11 is 0. The molecule has 10 heteroatoms. The van der Waals surface area contributed by atoms with Gasteiger partial charge in [-0.15, -0.1) is 0 Å². The average molecular weight is 659 g/mol. The van der Waals surface area contributed by atoms with Gasteiger partial charge in [-0.05, 0) is 46.9 Å². The molecule has 48 heavy (non-hydrogen) atoms. The van der Waals surface area contributed by atoms with E-state index in [9.17, 15) is 18.4 Å². The lowest BCUT2D eigenvalue weighted by Gasteiger charge is -2.29. The number of aromatic nitrogens is 4. The van der Waals surface area contributed by atoms with Crippen LogP contribution in [-0.2, 0) is 9.59 Å². The fraction of sp³-hybridized carbons (Fsp3) is 0.474. The monoisotopic (exact) mass is 658 g/mol. The fourth-order valence-corrected chi connectivity index (χ4v) is 6.00. The minimum Gasteiger partial charge on any atom is -0.346 e. The molecule has 1 saturated carbocycles. The lowest BCUT2D eigenvalue weighted by atomic mass is 9.86. The van der Waals surface area contributed by atoms with E-state index < -0.39 is 17.3 Å². The summed E-state index contributed by atoms with van der Waals surface area (Å²) in [7, 11) is 0. The van der Waals surface area contributed by atoms with Crippen molar-refractivity contribution in [3.63, 3.8) is 0 Å². The number of amides is 2. The quantitative estimate of drug-likeness (QED) is 0.137. The molecule has 8 nitrogen and oxygen atoms in total. The van der Waals surface area contributed by atoms with Crippen molar-refractivity contribution in [2.45, 2.75) is 92.2 Å². The molecule has 4 N–H and O–H groups in total. The minimum absolute atomic E-state index is 0.0146. The molecule has 4 aromatic rings. The molecule has 0 spiro atoms. The number of alkyl halides is 2. The highest BCUT2D eigenvalue weighted by Gasteiger charge is 2.38. The number of benzene rings is 2. The first-order chi connectivity index (χ1) is 22.6. The van der Waals surface area contributed by atoms with Gasteiger partial charge in [0.15, 0.2) is 0 Å². The number of rotatable bonds is 10. The maximum atomic E-state index is 13.6. The van der Waals surface area contributed by atoms with Crippen LogP contribution in [0.4, 0.5) is 8.78 Å². The zero-order valence-corrected chi connectivity index (χ0v) is 29.0. The van der Waals surface area contributed by atoms with Crippen LogP contribution in [0, 0.1) is 23.2 Å². The zero-order valence-electron chi connectivity index (χ0n) is 29.0. The maximum absolute atomic E-state index is 13.6. The van der Waals surface area contributed by atoms with E-state index in [1.54, 1.807) is 6.20 Å². The van der Waals surface area contributed by atoms with E-state index in [1.807, 2.05) is 52.9 Å². The normalized spacial score (nSPS) is 16.6. The molecule has 1 aliphatic carbocycles. The number of H-pyrrole nitrogens is 2. The second-order valence-electron chi connectivity index (χ2n) is 14.8. The molecule has 1 fully saturated rings. The predicted octanol–water partition coefficient (Wildman–Crippen LogP) is 8.63. The molecule has 2 unspecified atom stereocenters. The SMILES string of the molecule is CC(C)C(NC(=O)C1CCC(F)(F)CC1)c1ncc(-c2ccc(-c3ccc(-c4cnc(C(NC(=O)C(C)(C)C)C(C)C)[nH]4)cc3)cc2)[nH]1. The van der Waals surface area contributed by atoms with Gasteiger partial charge >= 0.3 is 0 Å². The second kappa shape index (κ2) is 14.0. The van der Waals surface area contributed by atoms with Crippen LogP contribution in [-0.4, -0.2) is 37.7 Å². The van der Waals surface area contributed by atoms with Crippen LogP contribution >= 0.6 is 0 Å². The average Bonchev–Trinajstić information content (AvgIpc) is 3.72. The van der Waals surface area contributed by atoms with E-state index in [0.717, 1.165) is 39.5 Å². The van der Waals surface area contributed by atoms with Crippen LogP contribution in [0.25, 0.3) is 33.6 Å². The van der Waals surface area contributed by atoms with Crippen molar-refractivity contribution in [3.8, 4) is 33.6 Å². The van der Waals surface area contributed by atoms with Crippen molar-refractivity contribution in [2.24, 2.45) is 23.2 Å². The van der Waals surface area contributed by atoms with Gasteiger partial charge in [-0.25, -0.2) is 18.7 Å². The van der Waals surface area contributed by atoms with Gasteiger partial charge in [0, 0.05) is 24.2 Å². The summed E-state index contributed by atoms with van der Waals surface area (Å²) in [6, 6.07) is 15.9. The molecule has 2 atom stereocenters. The molecule has 2 aromatic carbocycles. The van der Waals surface area contributed by atoms with Crippen LogP contribution in [0.3, 0.4) is 0 Å². The minimum atomic E-state index is -2.67. The Morgan fingerprint density at radius 2 is 1.12 bits per heavy atom. The summed E-state index contributed by atoms with van der Waals surface area (Å²) in [6.45, 7) is 13.8. The third kappa shape index (κ3) is 8.20. The zero-order chi connectivity index (χ0) is 34.8. The molecule has 5 rings (SSSR count). The maximum Gasteiger partial charge on any atom is 0.248 e. The van der Waals surface area contributed by atoms with Gasteiger partial charge in [0.25, 0.3) is 0 Å². The summed E-state index contributed by atoms with van der Waals surface area (Å²) < 4.78 is 27.2. The van der Waals surface area contributed by atoms with E-state index in [2.05, 4.69) is 80.8 Å². The number of hydrogen-bond acceptors (Lipinski definition) is 4. The summed E-state index contributed by atoms with van der Waals surface area (Å²) in [5.74, 6) is -1.66. The Bertz CT molecular complexity index is 1690. The van der Waals surface area contributed by atoms with E-state index in [4.69, 9.17) is 0 Å². The number of carbonyl (C=O) groups is 2. The van der Waals surface area contributed by atoms with Crippen molar-refractivity contribution in [3.05, 3.63) is 72.6 Å².